The molecule has 2 saturated heterocycles. The fourth-order valence-electron chi connectivity index (χ4n) is 3.33. The van der Waals surface area contributed by atoms with Crippen LogP contribution < -0.4 is 0 Å². The minimum Gasteiger partial charge on any atom is -0.445 e. The van der Waals surface area contributed by atoms with Gasteiger partial charge in [0, 0.05) is 18.5 Å². The van der Waals surface area contributed by atoms with Crippen molar-refractivity contribution in [3.05, 3.63) is 35.9 Å². The van der Waals surface area contributed by atoms with Crippen molar-refractivity contribution in [3.63, 3.8) is 0 Å². The Labute approximate surface area is 113 Å². The van der Waals surface area contributed by atoms with Gasteiger partial charge in [-0.05, 0) is 24.3 Å². The van der Waals surface area contributed by atoms with Gasteiger partial charge in [-0.2, -0.15) is 0 Å². The summed E-state index contributed by atoms with van der Waals surface area (Å²) in [6, 6.07) is 9.68. The molecule has 19 heavy (non-hydrogen) atoms. The molecule has 0 spiro atoms. The molecule has 4 rings (SSSR count). The van der Waals surface area contributed by atoms with E-state index in [1.807, 2.05) is 30.3 Å². The van der Waals surface area contributed by atoms with Crippen LogP contribution >= 0.6 is 0 Å². The number of piperidine rings is 2. The molecular formula is C15H19NO3. The smallest absolute Gasteiger partial charge is 0.410 e. The number of hydrogen-bond donors (Lipinski definition) is 1. The molecule has 1 saturated carbocycles. The van der Waals surface area contributed by atoms with E-state index < -0.39 is 0 Å². The van der Waals surface area contributed by atoms with Gasteiger partial charge >= 0.3 is 6.09 Å². The summed E-state index contributed by atoms with van der Waals surface area (Å²) in [5.74, 6) is 0.546. The van der Waals surface area contributed by atoms with Crippen LogP contribution in [0.15, 0.2) is 30.3 Å². The summed E-state index contributed by atoms with van der Waals surface area (Å²) in [4.78, 5) is 13.8. The van der Waals surface area contributed by atoms with Gasteiger partial charge < -0.3 is 14.7 Å². The molecule has 3 aliphatic rings. The second-order valence-corrected chi connectivity index (χ2v) is 5.85. The summed E-state index contributed by atoms with van der Waals surface area (Å²) in [5, 5.41) is 9.42. The summed E-state index contributed by atoms with van der Waals surface area (Å²) in [7, 11) is 0. The first kappa shape index (κ1) is 12.5. The Balaban J connectivity index is 1.54. The topological polar surface area (TPSA) is 49.8 Å². The first-order valence-electron chi connectivity index (χ1n) is 6.77. The molecule has 0 atom stereocenters. The van der Waals surface area contributed by atoms with Crippen molar-refractivity contribution in [2.75, 3.05) is 19.7 Å². The quantitative estimate of drug-likeness (QED) is 0.905. The van der Waals surface area contributed by atoms with Crippen LogP contribution in [-0.2, 0) is 11.3 Å². The van der Waals surface area contributed by atoms with E-state index >= 15 is 0 Å². The number of aliphatic hydroxyl groups is 1. The number of carbonyl (C=O) groups is 1. The zero-order chi connectivity index (χ0) is 13.3. The molecular weight excluding hydrogens is 242 g/mol. The first-order chi connectivity index (χ1) is 9.21. The molecule has 2 aliphatic heterocycles. The van der Waals surface area contributed by atoms with E-state index in [0.29, 0.717) is 19.1 Å². The van der Waals surface area contributed by atoms with Gasteiger partial charge in [-0.25, -0.2) is 4.79 Å². The van der Waals surface area contributed by atoms with Crippen molar-refractivity contribution in [2.45, 2.75) is 19.4 Å². The Hall–Kier alpha value is -1.55. The lowest BCUT2D eigenvalue weighted by atomic mass is 9.59. The number of benzene rings is 1. The molecule has 2 bridgehead atoms. The number of fused-ring (bicyclic) bond motifs is 2. The number of carbonyl (C=O) groups excluding carboxylic acids is 1. The molecule has 3 fully saturated rings. The molecule has 0 radical (unpaired) electrons. The maximum absolute atomic E-state index is 12.0. The maximum Gasteiger partial charge on any atom is 0.410 e. The minimum absolute atomic E-state index is 0.0469. The van der Waals surface area contributed by atoms with Gasteiger partial charge in [0.15, 0.2) is 0 Å². The highest BCUT2D eigenvalue weighted by Gasteiger charge is 2.50. The SMILES string of the molecule is O=C(OCc1ccccc1)N1CC2CC(CO)(C2)C1. The summed E-state index contributed by atoms with van der Waals surface area (Å²) >= 11 is 0. The molecule has 1 aromatic carbocycles. The Morgan fingerprint density at radius 2 is 2.11 bits per heavy atom. The summed E-state index contributed by atoms with van der Waals surface area (Å²) < 4.78 is 5.33. The second-order valence-electron chi connectivity index (χ2n) is 5.85. The number of nitrogens with zero attached hydrogens (tertiary/aromatic N) is 1. The molecule has 1 amide bonds. The van der Waals surface area contributed by atoms with E-state index in [1.165, 1.54) is 0 Å². The zero-order valence-corrected chi connectivity index (χ0v) is 10.9. The molecule has 102 valence electrons. The van der Waals surface area contributed by atoms with Gasteiger partial charge in [0.25, 0.3) is 0 Å². The van der Waals surface area contributed by atoms with Gasteiger partial charge in [-0.15, -0.1) is 0 Å². The number of amides is 1. The highest BCUT2D eigenvalue weighted by atomic mass is 16.6. The average Bonchev–Trinajstić information content (AvgIpc) is 2.45. The van der Waals surface area contributed by atoms with Crippen molar-refractivity contribution in [1.82, 2.24) is 4.90 Å². The number of rotatable bonds is 3. The lowest BCUT2D eigenvalue weighted by Gasteiger charge is -2.55. The Morgan fingerprint density at radius 3 is 2.79 bits per heavy atom. The third kappa shape index (κ3) is 2.45. The van der Waals surface area contributed by atoms with Crippen molar-refractivity contribution < 1.29 is 14.6 Å². The molecule has 1 aromatic rings. The van der Waals surface area contributed by atoms with Crippen LogP contribution in [0.2, 0.25) is 0 Å². The van der Waals surface area contributed by atoms with Crippen LogP contribution in [0.4, 0.5) is 4.79 Å². The molecule has 0 aromatic heterocycles. The summed E-state index contributed by atoms with van der Waals surface area (Å²) in [6.45, 7) is 1.89. The van der Waals surface area contributed by atoms with Gasteiger partial charge in [-0.1, -0.05) is 30.3 Å². The van der Waals surface area contributed by atoms with E-state index in [1.54, 1.807) is 4.90 Å². The summed E-state index contributed by atoms with van der Waals surface area (Å²) in [5.41, 5.74) is 0.948. The number of ether oxygens (including phenoxy) is 1. The predicted octanol–water partition coefficient (Wildman–Crippen LogP) is 2.03. The standard InChI is InChI=1S/C15H19NO3/c17-11-15-6-13(7-15)8-16(10-15)14(18)19-9-12-4-2-1-3-5-12/h1-5,13,17H,6-11H2. The highest BCUT2D eigenvalue weighted by Crippen LogP contribution is 2.50. The monoisotopic (exact) mass is 261 g/mol. The van der Waals surface area contributed by atoms with E-state index in [0.717, 1.165) is 24.9 Å². The highest BCUT2D eigenvalue weighted by molar-refractivity contribution is 5.68. The zero-order valence-electron chi connectivity index (χ0n) is 10.9. The Morgan fingerprint density at radius 1 is 1.37 bits per heavy atom. The van der Waals surface area contributed by atoms with Gasteiger partial charge in [0.1, 0.15) is 6.61 Å². The van der Waals surface area contributed by atoms with E-state index in [9.17, 15) is 9.90 Å². The van der Waals surface area contributed by atoms with Crippen molar-refractivity contribution in [2.24, 2.45) is 11.3 Å². The van der Waals surface area contributed by atoms with Crippen molar-refractivity contribution >= 4 is 6.09 Å². The molecule has 4 heteroatoms. The molecule has 2 heterocycles. The van der Waals surface area contributed by atoms with Crippen molar-refractivity contribution in [1.29, 1.82) is 0 Å². The van der Waals surface area contributed by atoms with Crippen LogP contribution in [0, 0.1) is 11.3 Å². The number of hydrogen-bond acceptors (Lipinski definition) is 3. The molecule has 1 N–H and O–H groups in total. The maximum atomic E-state index is 12.0. The van der Waals surface area contributed by atoms with Crippen LogP contribution in [0.1, 0.15) is 18.4 Å². The van der Waals surface area contributed by atoms with Crippen molar-refractivity contribution in [3.8, 4) is 0 Å². The molecule has 4 nitrogen and oxygen atoms in total. The fraction of sp³-hybridized carbons (Fsp3) is 0.533. The minimum atomic E-state index is -0.258. The van der Waals surface area contributed by atoms with Crippen LogP contribution in [0.5, 0.6) is 0 Å². The van der Waals surface area contributed by atoms with Crippen LogP contribution in [0.3, 0.4) is 0 Å². The van der Waals surface area contributed by atoms with E-state index in [-0.39, 0.29) is 18.1 Å². The Bertz CT molecular complexity index is 454. The lowest BCUT2D eigenvalue weighted by molar-refractivity contribution is -0.0856. The molecule has 1 aliphatic carbocycles. The predicted molar refractivity (Wildman–Crippen MR) is 70.4 cm³/mol. The van der Waals surface area contributed by atoms with Crippen LogP contribution in [-0.4, -0.2) is 35.8 Å². The Kier molecular flexibility index (Phi) is 3.19. The number of aliphatic hydroxyl groups excluding tert-OH is 1. The largest absolute Gasteiger partial charge is 0.445 e. The average molecular weight is 261 g/mol. The fourth-order valence-corrected chi connectivity index (χ4v) is 3.33. The molecule has 0 unspecified atom stereocenters. The summed E-state index contributed by atoms with van der Waals surface area (Å²) in [6.07, 6.45) is 1.84. The third-order valence-corrected chi connectivity index (χ3v) is 4.25. The van der Waals surface area contributed by atoms with Gasteiger partial charge in [-0.3, -0.25) is 0 Å². The second kappa shape index (κ2) is 4.85. The first-order valence-corrected chi connectivity index (χ1v) is 6.77. The van der Waals surface area contributed by atoms with Crippen LogP contribution in [0.25, 0.3) is 0 Å². The van der Waals surface area contributed by atoms with E-state index in [4.69, 9.17) is 4.74 Å². The third-order valence-electron chi connectivity index (χ3n) is 4.25. The lowest BCUT2D eigenvalue weighted by Crippen LogP contribution is -2.59. The van der Waals surface area contributed by atoms with E-state index in [2.05, 4.69) is 0 Å². The normalized spacial score (nSPS) is 28.7. The van der Waals surface area contributed by atoms with Gasteiger partial charge in [0.2, 0.25) is 0 Å². The van der Waals surface area contributed by atoms with Gasteiger partial charge in [0.05, 0.1) is 6.61 Å².